The Morgan fingerprint density at radius 3 is 2.76 bits per heavy atom. The predicted octanol–water partition coefficient (Wildman–Crippen LogP) is 3.78. The molecule has 0 bridgehead atoms. The molecule has 0 radical (unpaired) electrons. The van der Waals surface area contributed by atoms with Gasteiger partial charge in [0.1, 0.15) is 10.8 Å². The van der Waals surface area contributed by atoms with E-state index < -0.39 is 0 Å². The number of aromatic amines is 1. The monoisotopic (exact) mass is 300 g/mol. The van der Waals surface area contributed by atoms with Crippen LogP contribution in [0.1, 0.15) is 25.5 Å². The number of pyridine rings is 1. The maximum Gasteiger partial charge on any atom is 0.256 e. The first-order chi connectivity index (χ1) is 10.1. The van der Waals surface area contributed by atoms with Crippen LogP contribution in [0.4, 0.5) is 0 Å². The summed E-state index contributed by atoms with van der Waals surface area (Å²) in [6.07, 6.45) is 0. The normalized spacial score (nSPS) is 11.2. The SMILES string of the molecule is COc1ccc2c(=O)[nH]c(-c3nc(C(C)C)cs3)cc2c1. The van der Waals surface area contributed by atoms with Gasteiger partial charge in [0.25, 0.3) is 5.56 Å². The molecule has 0 aliphatic carbocycles. The van der Waals surface area contributed by atoms with Crippen molar-refractivity contribution in [2.24, 2.45) is 0 Å². The van der Waals surface area contributed by atoms with Gasteiger partial charge >= 0.3 is 0 Å². The first-order valence-electron chi connectivity index (χ1n) is 6.75. The largest absolute Gasteiger partial charge is 0.497 e. The van der Waals surface area contributed by atoms with Crippen LogP contribution in [0.3, 0.4) is 0 Å². The average Bonchev–Trinajstić information content (AvgIpc) is 2.96. The molecule has 0 unspecified atom stereocenters. The summed E-state index contributed by atoms with van der Waals surface area (Å²) < 4.78 is 5.22. The number of benzene rings is 1. The molecule has 21 heavy (non-hydrogen) atoms. The summed E-state index contributed by atoms with van der Waals surface area (Å²) in [4.78, 5) is 19.7. The van der Waals surface area contributed by atoms with Crippen LogP contribution in [0.25, 0.3) is 21.5 Å². The second kappa shape index (κ2) is 5.33. The molecule has 0 aliphatic rings. The van der Waals surface area contributed by atoms with Gasteiger partial charge in [0.15, 0.2) is 0 Å². The molecule has 2 heterocycles. The van der Waals surface area contributed by atoms with E-state index in [0.717, 1.165) is 27.5 Å². The van der Waals surface area contributed by atoms with Crippen LogP contribution in [0.15, 0.2) is 34.4 Å². The van der Waals surface area contributed by atoms with Crippen molar-refractivity contribution < 1.29 is 4.74 Å². The predicted molar refractivity (Wildman–Crippen MR) is 86.3 cm³/mol. The highest BCUT2D eigenvalue weighted by molar-refractivity contribution is 7.13. The molecule has 3 rings (SSSR count). The lowest BCUT2D eigenvalue weighted by Crippen LogP contribution is -2.07. The highest BCUT2D eigenvalue weighted by atomic mass is 32.1. The Labute approximate surface area is 126 Å². The minimum Gasteiger partial charge on any atom is -0.497 e. The van der Waals surface area contributed by atoms with Gasteiger partial charge in [0.05, 0.1) is 18.5 Å². The zero-order chi connectivity index (χ0) is 15.0. The number of ether oxygens (including phenoxy) is 1. The highest BCUT2D eigenvalue weighted by Gasteiger charge is 2.10. The molecule has 108 valence electrons. The second-order valence-electron chi connectivity index (χ2n) is 5.20. The number of hydrogen-bond acceptors (Lipinski definition) is 4. The van der Waals surface area contributed by atoms with Crippen molar-refractivity contribution in [2.45, 2.75) is 19.8 Å². The van der Waals surface area contributed by atoms with Crippen LogP contribution >= 0.6 is 11.3 Å². The fourth-order valence-electron chi connectivity index (χ4n) is 2.17. The smallest absolute Gasteiger partial charge is 0.256 e. The van der Waals surface area contributed by atoms with Crippen LogP contribution in [0, 0.1) is 0 Å². The Bertz CT molecular complexity index is 849. The Balaban J connectivity index is 2.16. The highest BCUT2D eigenvalue weighted by Crippen LogP contribution is 2.27. The third-order valence-electron chi connectivity index (χ3n) is 3.40. The molecule has 0 amide bonds. The first kappa shape index (κ1) is 13.8. The molecular weight excluding hydrogens is 284 g/mol. The number of aromatic nitrogens is 2. The summed E-state index contributed by atoms with van der Waals surface area (Å²) in [7, 11) is 1.62. The van der Waals surface area contributed by atoms with Gasteiger partial charge in [-0.1, -0.05) is 13.8 Å². The lowest BCUT2D eigenvalue weighted by atomic mass is 10.1. The maximum absolute atomic E-state index is 12.2. The minimum absolute atomic E-state index is 0.105. The lowest BCUT2D eigenvalue weighted by Gasteiger charge is -2.04. The summed E-state index contributed by atoms with van der Waals surface area (Å²) in [5.41, 5.74) is 1.69. The van der Waals surface area contributed by atoms with Crippen LogP contribution in [-0.2, 0) is 0 Å². The molecule has 1 N–H and O–H groups in total. The van der Waals surface area contributed by atoms with E-state index >= 15 is 0 Å². The number of nitrogens with zero attached hydrogens (tertiary/aromatic N) is 1. The van der Waals surface area contributed by atoms with Gasteiger partial charge in [0.2, 0.25) is 0 Å². The van der Waals surface area contributed by atoms with E-state index in [1.807, 2.05) is 17.5 Å². The van der Waals surface area contributed by atoms with Crippen molar-refractivity contribution in [1.82, 2.24) is 9.97 Å². The fraction of sp³-hybridized carbons (Fsp3) is 0.250. The Morgan fingerprint density at radius 2 is 2.10 bits per heavy atom. The van der Waals surface area contributed by atoms with E-state index in [1.54, 1.807) is 30.6 Å². The van der Waals surface area contributed by atoms with Gasteiger partial charge in [-0.3, -0.25) is 4.79 Å². The van der Waals surface area contributed by atoms with E-state index in [2.05, 4.69) is 23.8 Å². The quantitative estimate of drug-likeness (QED) is 0.800. The van der Waals surface area contributed by atoms with Crippen molar-refractivity contribution in [3.8, 4) is 16.5 Å². The number of methoxy groups -OCH3 is 1. The van der Waals surface area contributed by atoms with Gasteiger partial charge in [-0.15, -0.1) is 11.3 Å². The maximum atomic E-state index is 12.2. The molecule has 0 saturated carbocycles. The molecule has 3 aromatic rings. The third kappa shape index (κ3) is 2.56. The topological polar surface area (TPSA) is 55.0 Å². The lowest BCUT2D eigenvalue weighted by molar-refractivity contribution is 0.415. The number of H-pyrrole nitrogens is 1. The molecular formula is C16H16N2O2S. The van der Waals surface area contributed by atoms with Crippen LogP contribution in [0.5, 0.6) is 5.75 Å². The molecule has 5 heteroatoms. The van der Waals surface area contributed by atoms with E-state index in [1.165, 1.54) is 0 Å². The van der Waals surface area contributed by atoms with Crippen molar-refractivity contribution in [2.75, 3.05) is 7.11 Å². The van der Waals surface area contributed by atoms with Crippen molar-refractivity contribution in [1.29, 1.82) is 0 Å². The van der Waals surface area contributed by atoms with Crippen molar-refractivity contribution in [3.63, 3.8) is 0 Å². The fourth-order valence-corrected chi connectivity index (χ4v) is 3.12. The van der Waals surface area contributed by atoms with Crippen LogP contribution in [-0.4, -0.2) is 17.1 Å². The summed E-state index contributed by atoms with van der Waals surface area (Å²) in [5, 5.41) is 4.38. The Kier molecular flexibility index (Phi) is 3.51. The summed E-state index contributed by atoms with van der Waals surface area (Å²) in [5.74, 6) is 1.11. The minimum atomic E-state index is -0.105. The number of rotatable bonds is 3. The van der Waals surface area contributed by atoms with E-state index in [-0.39, 0.29) is 5.56 Å². The summed E-state index contributed by atoms with van der Waals surface area (Å²) >= 11 is 1.55. The molecule has 0 fully saturated rings. The zero-order valence-corrected chi connectivity index (χ0v) is 13.0. The molecule has 0 atom stereocenters. The first-order valence-corrected chi connectivity index (χ1v) is 7.63. The Morgan fingerprint density at radius 1 is 1.29 bits per heavy atom. The number of fused-ring (bicyclic) bond motifs is 1. The van der Waals surface area contributed by atoms with Crippen LogP contribution in [0.2, 0.25) is 0 Å². The van der Waals surface area contributed by atoms with Crippen molar-refractivity contribution >= 4 is 22.1 Å². The van der Waals surface area contributed by atoms with Gasteiger partial charge < -0.3 is 9.72 Å². The number of nitrogens with one attached hydrogen (secondary N) is 1. The zero-order valence-electron chi connectivity index (χ0n) is 12.1. The molecule has 0 aliphatic heterocycles. The third-order valence-corrected chi connectivity index (χ3v) is 4.29. The molecule has 0 spiro atoms. The molecule has 4 nitrogen and oxygen atoms in total. The summed E-state index contributed by atoms with van der Waals surface area (Å²) in [6.45, 7) is 4.21. The second-order valence-corrected chi connectivity index (χ2v) is 6.06. The van der Waals surface area contributed by atoms with Gasteiger partial charge in [0, 0.05) is 10.8 Å². The number of thiazole rings is 1. The van der Waals surface area contributed by atoms with E-state index in [0.29, 0.717) is 11.3 Å². The van der Waals surface area contributed by atoms with E-state index in [9.17, 15) is 4.79 Å². The van der Waals surface area contributed by atoms with Gasteiger partial charge in [-0.05, 0) is 35.6 Å². The van der Waals surface area contributed by atoms with Crippen molar-refractivity contribution in [3.05, 3.63) is 45.7 Å². The average molecular weight is 300 g/mol. The molecule has 2 aromatic heterocycles. The van der Waals surface area contributed by atoms with E-state index in [4.69, 9.17) is 4.74 Å². The standard InChI is InChI=1S/C16H16N2O2S/c1-9(2)14-8-21-16(18-14)13-7-10-6-11(20-3)4-5-12(10)15(19)17-13/h4-9H,1-3H3,(H,17,19). The summed E-state index contributed by atoms with van der Waals surface area (Å²) in [6, 6.07) is 7.38. The van der Waals surface area contributed by atoms with Crippen LogP contribution < -0.4 is 10.3 Å². The molecule has 1 aromatic carbocycles. The van der Waals surface area contributed by atoms with Gasteiger partial charge in [-0.2, -0.15) is 0 Å². The van der Waals surface area contributed by atoms with Gasteiger partial charge in [-0.25, -0.2) is 4.98 Å². The number of hydrogen-bond donors (Lipinski definition) is 1. The molecule has 0 saturated heterocycles. The Hall–Kier alpha value is -2.14.